The number of ether oxygens (including phenoxy) is 4. The molecule has 1 heterocycles. The van der Waals surface area contributed by atoms with Gasteiger partial charge in [0.2, 0.25) is 0 Å². The Hall–Kier alpha value is -1.82. The van der Waals surface area contributed by atoms with Crippen molar-refractivity contribution in [3.05, 3.63) is 24.3 Å². The number of carbonyl (C=O) groups is 2. The van der Waals surface area contributed by atoms with Crippen molar-refractivity contribution in [1.29, 1.82) is 0 Å². The van der Waals surface area contributed by atoms with Crippen LogP contribution in [0.5, 0.6) is 0 Å². The van der Waals surface area contributed by atoms with Gasteiger partial charge in [0.25, 0.3) is 0 Å². The maximum absolute atomic E-state index is 12.3. The third-order valence-electron chi connectivity index (χ3n) is 9.25. The lowest BCUT2D eigenvalue weighted by molar-refractivity contribution is -0.305. The van der Waals surface area contributed by atoms with E-state index in [1.807, 2.05) is 0 Å². The third kappa shape index (κ3) is 25.7. The molecule has 0 aromatic rings. The summed E-state index contributed by atoms with van der Waals surface area (Å²) in [6, 6.07) is 0. The van der Waals surface area contributed by atoms with Gasteiger partial charge in [0.1, 0.15) is 43.7 Å². The van der Waals surface area contributed by atoms with Gasteiger partial charge in [0.05, 0.1) is 6.61 Å². The van der Waals surface area contributed by atoms with Crippen molar-refractivity contribution in [2.75, 3.05) is 19.8 Å². The van der Waals surface area contributed by atoms with Crippen LogP contribution in [0.3, 0.4) is 0 Å². The van der Waals surface area contributed by atoms with Crippen molar-refractivity contribution >= 4 is 11.9 Å². The van der Waals surface area contributed by atoms with Crippen molar-refractivity contribution in [1.82, 2.24) is 0 Å². The standard InChI is InChI=1S/C41H74O10/c1-3-5-7-9-11-13-15-17-19-21-23-25-27-29-36(43)48-31-34(42)32-50-41-40(47)39(46)38(45)35(51-41)33-49-37(44)30-28-26-24-22-20-18-16-14-12-10-8-6-4-2/h13-16,34-35,38-42,45-47H,3-12,17-33H2,1-2H3/b15-13-,16-14-/t34-,35-,38+,39+,40-,41-/m1/s1. The molecular formula is C41H74O10. The van der Waals surface area contributed by atoms with Gasteiger partial charge in [0.15, 0.2) is 6.29 Å². The highest BCUT2D eigenvalue weighted by atomic mass is 16.7. The fourth-order valence-electron chi connectivity index (χ4n) is 5.93. The minimum absolute atomic E-state index is 0.244. The zero-order chi connectivity index (χ0) is 37.4. The Balaban J connectivity index is 2.14. The smallest absolute Gasteiger partial charge is 0.305 e. The number of hydrogen-bond donors (Lipinski definition) is 4. The van der Waals surface area contributed by atoms with E-state index in [0.717, 1.165) is 70.6 Å². The molecule has 1 aliphatic heterocycles. The van der Waals surface area contributed by atoms with Gasteiger partial charge in [-0.15, -0.1) is 0 Å². The Morgan fingerprint density at radius 3 is 1.49 bits per heavy atom. The number of carbonyl (C=O) groups excluding carboxylic acids is 2. The number of rotatable bonds is 33. The van der Waals surface area contributed by atoms with Gasteiger partial charge in [0, 0.05) is 12.8 Å². The van der Waals surface area contributed by atoms with E-state index in [1.165, 1.54) is 64.2 Å². The largest absolute Gasteiger partial charge is 0.463 e. The molecule has 4 N–H and O–H groups in total. The van der Waals surface area contributed by atoms with Crippen molar-refractivity contribution in [2.45, 2.75) is 205 Å². The first-order valence-electron chi connectivity index (χ1n) is 20.4. The van der Waals surface area contributed by atoms with Gasteiger partial charge < -0.3 is 39.4 Å². The minimum atomic E-state index is -1.60. The number of esters is 2. The van der Waals surface area contributed by atoms with E-state index in [1.54, 1.807) is 0 Å². The van der Waals surface area contributed by atoms with Crippen molar-refractivity contribution in [3.8, 4) is 0 Å². The van der Waals surface area contributed by atoms with Gasteiger partial charge in [-0.25, -0.2) is 0 Å². The molecule has 0 spiro atoms. The van der Waals surface area contributed by atoms with Crippen LogP contribution >= 0.6 is 0 Å². The van der Waals surface area contributed by atoms with Gasteiger partial charge >= 0.3 is 11.9 Å². The number of allylic oxidation sites excluding steroid dienone is 4. The molecule has 0 aliphatic carbocycles. The second-order valence-corrected chi connectivity index (χ2v) is 14.1. The van der Waals surface area contributed by atoms with Crippen LogP contribution in [-0.4, -0.2) is 89.0 Å². The molecule has 1 rings (SSSR count). The molecule has 1 aliphatic rings. The lowest BCUT2D eigenvalue weighted by atomic mass is 9.99. The normalized spacial score (nSPS) is 21.4. The van der Waals surface area contributed by atoms with Crippen molar-refractivity contribution < 1.29 is 49.0 Å². The van der Waals surface area contributed by atoms with Crippen LogP contribution in [0.4, 0.5) is 0 Å². The Morgan fingerprint density at radius 1 is 0.569 bits per heavy atom. The maximum Gasteiger partial charge on any atom is 0.305 e. The molecule has 0 aromatic carbocycles. The zero-order valence-electron chi connectivity index (χ0n) is 32.1. The zero-order valence-corrected chi connectivity index (χ0v) is 32.1. The van der Waals surface area contributed by atoms with Crippen LogP contribution in [0.25, 0.3) is 0 Å². The molecule has 10 heteroatoms. The molecule has 51 heavy (non-hydrogen) atoms. The topological polar surface area (TPSA) is 152 Å². The third-order valence-corrected chi connectivity index (χ3v) is 9.25. The molecule has 0 radical (unpaired) electrons. The summed E-state index contributed by atoms with van der Waals surface area (Å²) in [7, 11) is 0. The van der Waals surface area contributed by atoms with Crippen LogP contribution in [0.1, 0.15) is 168 Å². The van der Waals surface area contributed by atoms with E-state index in [-0.39, 0.29) is 32.7 Å². The molecule has 10 nitrogen and oxygen atoms in total. The summed E-state index contributed by atoms with van der Waals surface area (Å²) >= 11 is 0. The van der Waals surface area contributed by atoms with Gasteiger partial charge in [-0.05, 0) is 64.2 Å². The molecule has 1 saturated heterocycles. The first-order chi connectivity index (χ1) is 24.8. The van der Waals surface area contributed by atoms with Crippen LogP contribution in [0.15, 0.2) is 24.3 Å². The summed E-state index contributed by atoms with van der Waals surface area (Å²) in [5, 5.41) is 41.2. The Morgan fingerprint density at radius 2 is 1.00 bits per heavy atom. The lowest BCUT2D eigenvalue weighted by Gasteiger charge is -2.40. The fraction of sp³-hybridized carbons (Fsp3) is 0.854. The first kappa shape index (κ1) is 47.2. The molecule has 0 amide bonds. The van der Waals surface area contributed by atoms with E-state index < -0.39 is 48.7 Å². The predicted octanol–water partition coefficient (Wildman–Crippen LogP) is 7.77. The average Bonchev–Trinajstić information content (AvgIpc) is 3.12. The molecule has 1 fully saturated rings. The van der Waals surface area contributed by atoms with Crippen molar-refractivity contribution in [2.24, 2.45) is 0 Å². The van der Waals surface area contributed by atoms with Gasteiger partial charge in [-0.2, -0.15) is 0 Å². The summed E-state index contributed by atoms with van der Waals surface area (Å²) in [5.41, 5.74) is 0. The molecule has 0 aromatic heterocycles. The number of hydrogen-bond acceptors (Lipinski definition) is 10. The maximum atomic E-state index is 12.3. The Bertz CT molecular complexity index is 894. The molecule has 0 bridgehead atoms. The summed E-state index contributed by atoms with van der Waals surface area (Å²) in [6.07, 6.45) is 26.1. The van der Waals surface area contributed by atoms with Gasteiger partial charge in [-0.3, -0.25) is 9.59 Å². The van der Waals surface area contributed by atoms with E-state index in [9.17, 15) is 30.0 Å². The molecule has 0 unspecified atom stereocenters. The van der Waals surface area contributed by atoms with E-state index in [0.29, 0.717) is 6.42 Å². The van der Waals surface area contributed by atoms with Crippen LogP contribution in [-0.2, 0) is 28.5 Å². The predicted molar refractivity (Wildman–Crippen MR) is 201 cm³/mol. The number of aliphatic hydroxyl groups excluding tert-OH is 4. The lowest BCUT2D eigenvalue weighted by Crippen LogP contribution is -2.59. The fourth-order valence-corrected chi connectivity index (χ4v) is 5.93. The average molecular weight is 727 g/mol. The quantitative estimate of drug-likeness (QED) is 0.0300. The minimum Gasteiger partial charge on any atom is -0.463 e. The molecule has 6 atom stereocenters. The SMILES string of the molecule is CCCCCC/C=C\CCCCCCCC(=O)OC[C@@H](O)CO[C@@H]1O[C@H](COC(=O)CCCCCCC/C=C\CCCCCC)[C@H](O)[C@H](O)[C@H]1O. The van der Waals surface area contributed by atoms with Crippen molar-refractivity contribution in [3.63, 3.8) is 0 Å². The number of aliphatic hydroxyl groups is 4. The summed E-state index contributed by atoms with van der Waals surface area (Å²) in [6.45, 7) is 3.51. The molecule has 298 valence electrons. The monoisotopic (exact) mass is 727 g/mol. The van der Waals surface area contributed by atoms with Crippen LogP contribution in [0, 0.1) is 0 Å². The van der Waals surface area contributed by atoms with E-state index in [4.69, 9.17) is 18.9 Å². The summed E-state index contributed by atoms with van der Waals surface area (Å²) < 4.78 is 21.5. The first-order valence-corrected chi connectivity index (χ1v) is 20.4. The van der Waals surface area contributed by atoms with Gasteiger partial charge in [-0.1, -0.05) is 115 Å². The summed E-state index contributed by atoms with van der Waals surface area (Å²) in [4.78, 5) is 24.4. The highest BCUT2D eigenvalue weighted by molar-refractivity contribution is 5.69. The Kier molecular flexibility index (Phi) is 30.4. The summed E-state index contributed by atoms with van der Waals surface area (Å²) in [5.74, 6) is -0.825. The highest BCUT2D eigenvalue weighted by Gasteiger charge is 2.45. The molecule has 0 saturated carbocycles. The van der Waals surface area contributed by atoms with Crippen LogP contribution in [0.2, 0.25) is 0 Å². The second kappa shape index (κ2) is 32.8. The van der Waals surface area contributed by atoms with Crippen LogP contribution < -0.4 is 0 Å². The van der Waals surface area contributed by atoms with E-state index in [2.05, 4.69) is 38.2 Å². The van der Waals surface area contributed by atoms with E-state index >= 15 is 0 Å². The molecular weight excluding hydrogens is 652 g/mol. The second-order valence-electron chi connectivity index (χ2n) is 14.1. The number of unbranched alkanes of at least 4 members (excludes halogenated alkanes) is 18. The Labute approximate surface area is 309 Å². The highest BCUT2D eigenvalue weighted by Crippen LogP contribution is 2.23.